The van der Waals surface area contributed by atoms with Crippen LogP contribution in [0.4, 0.5) is 5.69 Å². The molecule has 2 nitrogen and oxygen atoms in total. The molecule has 0 spiro atoms. The van der Waals surface area contributed by atoms with Gasteiger partial charge in [-0.05, 0) is 37.5 Å². The Kier molecular flexibility index (Phi) is 3.36. The van der Waals surface area contributed by atoms with Crippen LogP contribution in [-0.2, 0) is 0 Å². The van der Waals surface area contributed by atoms with E-state index in [0.29, 0.717) is 16.6 Å². The molecule has 16 heavy (non-hydrogen) atoms. The lowest BCUT2D eigenvalue weighted by atomic mass is 10.1. The second-order valence-electron chi connectivity index (χ2n) is 4.53. The summed E-state index contributed by atoms with van der Waals surface area (Å²) in [5, 5.41) is 13.0. The first-order valence-corrected chi connectivity index (χ1v) is 6.03. The Morgan fingerprint density at radius 1 is 1.56 bits per heavy atom. The Morgan fingerprint density at radius 2 is 2.31 bits per heavy atom. The van der Waals surface area contributed by atoms with Crippen molar-refractivity contribution in [1.29, 1.82) is 5.26 Å². The molecule has 1 aliphatic rings. The summed E-state index contributed by atoms with van der Waals surface area (Å²) < 4.78 is 0. The third-order valence-corrected chi connectivity index (χ3v) is 3.12. The third kappa shape index (κ3) is 2.90. The highest BCUT2D eigenvalue weighted by atomic mass is 35.5. The maximum atomic E-state index is 8.98. The van der Waals surface area contributed by atoms with Crippen molar-refractivity contribution in [1.82, 2.24) is 0 Å². The molecule has 1 aromatic rings. The summed E-state index contributed by atoms with van der Waals surface area (Å²) in [6.45, 7) is 2.15. The first kappa shape index (κ1) is 11.3. The first-order valence-electron chi connectivity index (χ1n) is 5.65. The summed E-state index contributed by atoms with van der Waals surface area (Å²) in [5.41, 5.74) is 1.51. The second-order valence-corrected chi connectivity index (χ2v) is 4.96. The van der Waals surface area contributed by atoms with Crippen molar-refractivity contribution in [2.24, 2.45) is 5.92 Å². The van der Waals surface area contributed by atoms with E-state index < -0.39 is 0 Å². The van der Waals surface area contributed by atoms with E-state index in [1.165, 1.54) is 19.3 Å². The van der Waals surface area contributed by atoms with Crippen LogP contribution in [0.3, 0.4) is 0 Å². The Morgan fingerprint density at radius 3 is 2.94 bits per heavy atom. The zero-order valence-electron chi connectivity index (χ0n) is 9.33. The van der Waals surface area contributed by atoms with Crippen LogP contribution in [0.15, 0.2) is 18.2 Å². The number of nitriles is 1. The quantitative estimate of drug-likeness (QED) is 0.860. The van der Waals surface area contributed by atoms with Gasteiger partial charge in [0.1, 0.15) is 6.07 Å². The molecule has 1 atom stereocenters. The number of anilines is 1. The molecule has 0 bridgehead atoms. The molecule has 0 aromatic heterocycles. The molecule has 0 radical (unpaired) electrons. The van der Waals surface area contributed by atoms with Crippen molar-refractivity contribution in [3.05, 3.63) is 28.8 Å². The first-order chi connectivity index (χ1) is 7.69. The van der Waals surface area contributed by atoms with E-state index in [1.807, 2.05) is 6.07 Å². The minimum Gasteiger partial charge on any atom is -0.381 e. The van der Waals surface area contributed by atoms with Gasteiger partial charge in [0.05, 0.1) is 11.3 Å². The van der Waals surface area contributed by atoms with Gasteiger partial charge in [0, 0.05) is 11.1 Å². The van der Waals surface area contributed by atoms with Crippen LogP contribution in [-0.4, -0.2) is 6.04 Å². The number of halogens is 1. The van der Waals surface area contributed by atoms with Crippen LogP contribution < -0.4 is 5.32 Å². The Hall–Kier alpha value is -1.20. The molecular formula is C13H15ClN2. The molecule has 2 rings (SSSR count). The second kappa shape index (κ2) is 4.76. The average molecular weight is 235 g/mol. The molecular weight excluding hydrogens is 220 g/mol. The van der Waals surface area contributed by atoms with Gasteiger partial charge in [-0.2, -0.15) is 5.26 Å². The van der Waals surface area contributed by atoms with Crippen molar-refractivity contribution < 1.29 is 0 Å². The zero-order chi connectivity index (χ0) is 11.5. The average Bonchev–Trinajstić information content (AvgIpc) is 3.02. The lowest BCUT2D eigenvalue weighted by Crippen LogP contribution is -2.16. The van der Waals surface area contributed by atoms with Crippen LogP contribution >= 0.6 is 11.6 Å². The van der Waals surface area contributed by atoms with Crippen LogP contribution in [0.2, 0.25) is 5.02 Å². The van der Waals surface area contributed by atoms with Gasteiger partial charge in [0.15, 0.2) is 0 Å². The monoisotopic (exact) mass is 234 g/mol. The largest absolute Gasteiger partial charge is 0.381 e. The number of benzene rings is 1. The summed E-state index contributed by atoms with van der Waals surface area (Å²) in [5.74, 6) is 0.882. The SMILES string of the molecule is CC(CC1CC1)Nc1cc(Cl)ccc1C#N. The highest BCUT2D eigenvalue weighted by molar-refractivity contribution is 6.30. The van der Waals surface area contributed by atoms with Crippen molar-refractivity contribution in [3.8, 4) is 6.07 Å². The number of hydrogen-bond donors (Lipinski definition) is 1. The Balaban J connectivity index is 2.06. The topological polar surface area (TPSA) is 35.8 Å². The minimum absolute atomic E-state index is 0.401. The Labute approximate surface area is 101 Å². The molecule has 1 saturated carbocycles. The predicted octanol–water partition coefficient (Wildman–Crippen LogP) is 3.81. The van der Waals surface area contributed by atoms with Crippen molar-refractivity contribution >= 4 is 17.3 Å². The molecule has 1 N–H and O–H groups in total. The van der Waals surface area contributed by atoms with Gasteiger partial charge in [-0.3, -0.25) is 0 Å². The molecule has 1 unspecified atom stereocenters. The fraction of sp³-hybridized carbons (Fsp3) is 0.462. The fourth-order valence-corrected chi connectivity index (χ4v) is 2.08. The Bertz CT molecular complexity index is 418. The van der Waals surface area contributed by atoms with E-state index in [1.54, 1.807) is 12.1 Å². The van der Waals surface area contributed by atoms with Gasteiger partial charge in [0.25, 0.3) is 0 Å². The van der Waals surface area contributed by atoms with Crippen LogP contribution in [0, 0.1) is 17.2 Å². The number of nitrogens with one attached hydrogen (secondary N) is 1. The molecule has 1 aromatic carbocycles. The standard InChI is InChI=1S/C13H15ClN2/c1-9(6-10-2-3-10)16-13-7-12(14)5-4-11(13)8-15/h4-5,7,9-10,16H,2-3,6H2,1H3. The fourth-order valence-electron chi connectivity index (χ4n) is 1.91. The number of rotatable bonds is 4. The smallest absolute Gasteiger partial charge is 0.101 e. The molecule has 1 fully saturated rings. The van der Waals surface area contributed by atoms with Crippen LogP contribution in [0.1, 0.15) is 31.7 Å². The van der Waals surface area contributed by atoms with Crippen LogP contribution in [0.5, 0.6) is 0 Å². The van der Waals surface area contributed by atoms with Gasteiger partial charge in [-0.1, -0.05) is 24.4 Å². The highest BCUT2D eigenvalue weighted by Gasteiger charge is 2.23. The van der Waals surface area contributed by atoms with Gasteiger partial charge in [-0.25, -0.2) is 0 Å². The van der Waals surface area contributed by atoms with E-state index in [9.17, 15) is 0 Å². The third-order valence-electron chi connectivity index (χ3n) is 2.89. The highest BCUT2D eigenvalue weighted by Crippen LogP contribution is 2.34. The van der Waals surface area contributed by atoms with Gasteiger partial charge in [-0.15, -0.1) is 0 Å². The maximum absolute atomic E-state index is 8.98. The molecule has 1 aliphatic carbocycles. The molecule has 0 amide bonds. The predicted molar refractivity (Wildman–Crippen MR) is 66.6 cm³/mol. The molecule has 3 heteroatoms. The molecule has 0 aliphatic heterocycles. The van der Waals surface area contributed by atoms with E-state index in [-0.39, 0.29) is 0 Å². The minimum atomic E-state index is 0.401. The summed E-state index contributed by atoms with van der Waals surface area (Å²) in [6, 6.07) is 7.91. The summed E-state index contributed by atoms with van der Waals surface area (Å²) in [7, 11) is 0. The van der Waals surface area contributed by atoms with E-state index in [2.05, 4.69) is 18.3 Å². The van der Waals surface area contributed by atoms with Crippen molar-refractivity contribution in [3.63, 3.8) is 0 Å². The van der Waals surface area contributed by atoms with E-state index in [0.717, 1.165) is 11.6 Å². The van der Waals surface area contributed by atoms with Crippen LogP contribution in [0.25, 0.3) is 0 Å². The maximum Gasteiger partial charge on any atom is 0.101 e. The molecule has 0 saturated heterocycles. The lowest BCUT2D eigenvalue weighted by molar-refractivity contribution is 0.642. The van der Waals surface area contributed by atoms with Gasteiger partial charge < -0.3 is 5.32 Å². The molecule has 0 heterocycles. The summed E-state index contributed by atoms with van der Waals surface area (Å²) in [4.78, 5) is 0. The van der Waals surface area contributed by atoms with Gasteiger partial charge in [0.2, 0.25) is 0 Å². The van der Waals surface area contributed by atoms with E-state index in [4.69, 9.17) is 16.9 Å². The normalized spacial score (nSPS) is 16.6. The number of hydrogen-bond acceptors (Lipinski definition) is 2. The van der Waals surface area contributed by atoms with Crippen molar-refractivity contribution in [2.45, 2.75) is 32.2 Å². The van der Waals surface area contributed by atoms with Crippen molar-refractivity contribution in [2.75, 3.05) is 5.32 Å². The van der Waals surface area contributed by atoms with Gasteiger partial charge >= 0.3 is 0 Å². The lowest BCUT2D eigenvalue weighted by Gasteiger charge is -2.16. The number of nitrogens with zero attached hydrogens (tertiary/aromatic N) is 1. The zero-order valence-corrected chi connectivity index (χ0v) is 10.1. The summed E-state index contributed by atoms with van der Waals surface area (Å²) >= 11 is 5.93. The summed E-state index contributed by atoms with van der Waals surface area (Å²) in [6.07, 6.45) is 3.89. The molecule has 84 valence electrons. The van der Waals surface area contributed by atoms with E-state index >= 15 is 0 Å².